The van der Waals surface area contributed by atoms with Crippen molar-refractivity contribution >= 4 is 22.0 Å². The molecule has 1 aliphatic heterocycles. The number of aromatic hydroxyl groups is 1. The third kappa shape index (κ3) is 3.21. The summed E-state index contributed by atoms with van der Waals surface area (Å²) in [4.78, 5) is 13.7. The van der Waals surface area contributed by atoms with E-state index in [9.17, 15) is 9.90 Å². The van der Waals surface area contributed by atoms with Gasteiger partial charge in [0.05, 0.1) is 4.47 Å². The van der Waals surface area contributed by atoms with Gasteiger partial charge in [0.1, 0.15) is 11.4 Å². The van der Waals surface area contributed by atoms with Crippen LogP contribution in [-0.4, -0.2) is 28.2 Å². The number of carbonyl (C=O) groups is 1. The quantitative estimate of drug-likeness (QED) is 0.794. The second-order valence-electron chi connectivity index (χ2n) is 5.69. The van der Waals surface area contributed by atoms with Crippen LogP contribution in [0.1, 0.15) is 31.9 Å². The lowest BCUT2D eigenvalue weighted by molar-refractivity contribution is 0.0224. The molecule has 0 atom stereocenters. The van der Waals surface area contributed by atoms with E-state index in [0.717, 1.165) is 15.6 Å². The molecule has 0 unspecified atom stereocenters. The molecule has 5 heteroatoms. The average molecular weight is 328 g/mol. The Kier molecular flexibility index (Phi) is 3.76. The highest BCUT2D eigenvalue weighted by Gasteiger charge is 2.26. The van der Waals surface area contributed by atoms with Crippen molar-refractivity contribution in [3.8, 4) is 5.75 Å². The van der Waals surface area contributed by atoms with Gasteiger partial charge in [0.15, 0.2) is 0 Å². The monoisotopic (exact) mass is 327 g/mol. The van der Waals surface area contributed by atoms with Crippen LogP contribution in [0.3, 0.4) is 0 Å². The van der Waals surface area contributed by atoms with Crippen molar-refractivity contribution in [1.82, 2.24) is 4.90 Å². The summed E-state index contributed by atoms with van der Waals surface area (Å²) in [6, 6.07) is 3.49. The number of hydrogen-bond donors (Lipinski definition) is 1. The number of halogens is 1. The zero-order valence-corrected chi connectivity index (χ0v) is 13.0. The Bertz CT molecular complexity index is 508. The highest BCUT2D eigenvalue weighted by Crippen LogP contribution is 2.33. The maximum absolute atomic E-state index is 12.0. The van der Waals surface area contributed by atoms with E-state index in [0.29, 0.717) is 19.5 Å². The van der Waals surface area contributed by atoms with Crippen LogP contribution in [0.5, 0.6) is 5.75 Å². The Morgan fingerprint density at radius 1 is 1.42 bits per heavy atom. The van der Waals surface area contributed by atoms with E-state index in [2.05, 4.69) is 15.9 Å². The second-order valence-corrected chi connectivity index (χ2v) is 6.48. The number of hydrogen-bond acceptors (Lipinski definition) is 3. The molecular formula is C14H18BrNO3. The van der Waals surface area contributed by atoms with E-state index in [1.54, 1.807) is 11.0 Å². The SMILES string of the molecule is CC(C)(C)OC(=O)N1CCc2c(ccc(O)c2Br)C1. The number of ether oxygens (including phenoxy) is 1. The molecule has 2 rings (SSSR count). The molecule has 0 saturated carbocycles. The van der Waals surface area contributed by atoms with Crippen molar-refractivity contribution in [2.75, 3.05) is 6.54 Å². The number of benzene rings is 1. The van der Waals surface area contributed by atoms with E-state index >= 15 is 0 Å². The van der Waals surface area contributed by atoms with Gasteiger partial charge in [0.2, 0.25) is 0 Å². The van der Waals surface area contributed by atoms with Gasteiger partial charge in [0.25, 0.3) is 0 Å². The molecule has 1 aromatic carbocycles. The summed E-state index contributed by atoms with van der Waals surface area (Å²) in [6.45, 7) is 6.69. The minimum absolute atomic E-state index is 0.240. The van der Waals surface area contributed by atoms with Crippen molar-refractivity contribution in [3.05, 3.63) is 27.7 Å². The average Bonchev–Trinajstić information content (AvgIpc) is 2.31. The van der Waals surface area contributed by atoms with Crippen LogP contribution < -0.4 is 0 Å². The fraction of sp³-hybridized carbons (Fsp3) is 0.500. The lowest BCUT2D eigenvalue weighted by atomic mass is 10.00. The molecule has 0 aromatic heterocycles. The van der Waals surface area contributed by atoms with Gasteiger partial charge < -0.3 is 14.7 Å². The molecule has 1 aliphatic rings. The first-order chi connectivity index (χ1) is 8.78. The Labute approximate surface area is 121 Å². The fourth-order valence-corrected chi connectivity index (χ4v) is 2.67. The zero-order chi connectivity index (χ0) is 14.2. The zero-order valence-electron chi connectivity index (χ0n) is 11.4. The standard InChI is InChI=1S/C14H18BrNO3/c1-14(2,3)19-13(18)16-7-6-10-9(8-16)4-5-11(17)12(10)15/h4-5,17H,6-8H2,1-3H3. The fourth-order valence-electron chi connectivity index (χ4n) is 2.08. The molecule has 0 radical (unpaired) electrons. The maximum atomic E-state index is 12.0. The predicted octanol–water partition coefficient (Wildman–Crippen LogP) is 3.45. The molecule has 0 saturated heterocycles. The van der Waals surface area contributed by atoms with E-state index in [-0.39, 0.29) is 11.8 Å². The number of rotatable bonds is 0. The largest absolute Gasteiger partial charge is 0.507 e. The molecule has 1 aromatic rings. The van der Waals surface area contributed by atoms with Crippen LogP contribution >= 0.6 is 15.9 Å². The summed E-state index contributed by atoms with van der Waals surface area (Å²) in [5.74, 6) is 0.240. The smallest absolute Gasteiger partial charge is 0.410 e. The summed E-state index contributed by atoms with van der Waals surface area (Å²) in [5, 5.41) is 9.65. The Morgan fingerprint density at radius 2 is 2.11 bits per heavy atom. The molecule has 19 heavy (non-hydrogen) atoms. The lowest BCUT2D eigenvalue weighted by Crippen LogP contribution is -2.39. The third-order valence-corrected chi connectivity index (χ3v) is 3.85. The molecule has 4 nitrogen and oxygen atoms in total. The number of fused-ring (bicyclic) bond motifs is 1. The van der Waals surface area contributed by atoms with E-state index < -0.39 is 5.60 Å². The van der Waals surface area contributed by atoms with Crippen LogP contribution in [-0.2, 0) is 17.7 Å². The van der Waals surface area contributed by atoms with Gasteiger partial charge in [-0.15, -0.1) is 0 Å². The number of carbonyl (C=O) groups excluding carboxylic acids is 1. The van der Waals surface area contributed by atoms with Crippen molar-refractivity contribution in [3.63, 3.8) is 0 Å². The van der Waals surface area contributed by atoms with E-state index in [4.69, 9.17) is 4.74 Å². The molecule has 0 spiro atoms. The normalized spacial score (nSPS) is 15.1. The minimum Gasteiger partial charge on any atom is -0.507 e. The third-order valence-electron chi connectivity index (χ3n) is 2.96. The van der Waals surface area contributed by atoms with Gasteiger partial charge in [-0.25, -0.2) is 4.79 Å². The molecule has 1 amide bonds. The first kappa shape index (κ1) is 14.2. The molecular weight excluding hydrogens is 310 g/mol. The van der Waals surface area contributed by atoms with Crippen LogP contribution in [0.4, 0.5) is 4.79 Å². The second kappa shape index (κ2) is 5.04. The number of amides is 1. The highest BCUT2D eigenvalue weighted by atomic mass is 79.9. The van der Waals surface area contributed by atoms with Crippen molar-refractivity contribution in [1.29, 1.82) is 0 Å². The van der Waals surface area contributed by atoms with Gasteiger partial charge >= 0.3 is 6.09 Å². The topological polar surface area (TPSA) is 49.8 Å². The summed E-state index contributed by atoms with van der Waals surface area (Å²) < 4.78 is 6.10. The summed E-state index contributed by atoms with van der Waals surface area (Å²) in [7, 11) is 0. The molecule has 1 heterocycles. The first-order valence-corrected chi connectivity index (χ1v) is 7.04. The summed E-state index contributed by atoms with van der Waals surface area (Å²) in [6.07, 6.45) is 0.422. The summed E-state index contributed by atoms with van der Waals surface area (Å²) in [5.41, 5.74) is 1.63. The first-order valence-electron chi connectivity index (χ1n) is 6.25. The molecule has 0 bridgehead atoms. The number of phenolic OH excluding ortho intramolecular Hbond substituents is 1. The lowest BCUT2D eigenvalue weighted by Gasteiger charge is -2.31. The highest BCUT2D eigenvalue weighted by molar-refractivity contribution is 9.10. The molecule has 0 aliphatic carbocycles. The number of nitrogens with zero attached hydrogens (tertiary/aromatic N) is 1. The Morgan fingerprint density at radius 3 is 2.74 bits per heavy atom. The molecule has 0 fully saturated rings. The van der Waals surface area contributed by atoms with E-state index in [1.807, 2.05) is 26.8 Å². The maximum Gasteiger partial charge on any atom is 0.410 e. The van der Waals surface area contributed by atoms with Gasteiger partial charge in [-0.1, -0.05) is 6.07 Å². The van der Waals surface area contributed by atoms with Crippen molar-refractivity contribution in [2.24, 2.45) is 0 Å². The predicted molar refractivity (Wildman–Crippen MR) is 76.2 cm³/mol. The molecule has 104 valence electrons. The van der Waals surface area contributed by atoms with Crippen LogP contribution in [0, 0.1) is 0 Å². The Balaban J connectivity index is 2.15. The summed E-state index contributed by atoms with van der Waals surface area (Å²) >= 11 is 3.39. The Hall–Kier alpha value is -1.23. The van der Waals surface area contributed by atoms with Crippen molar-refractivity contribution < 1.29 is 14.6 Å². The van der Waals surface area contributed by atoms with Gasteiger partial charge in [0, 0.05) is 13.1 Å². The number of phenols is 1. The van der Waals surface area contributed by atoms with Crippen LogP contribution in [0.2, 0.25) is 0 Å². The van der Waals surface area contributed by atoms with Crippen molar-refractivity contribution in [2.45, 2.75) is 39.3 Å². The van der Waals surface area contributed by atoms with E-state index in [1.165, 1.54) is 0 Å². The van der Waals surface area contributed by atoms with Gasteiger partial charge in [-0.2, -0.15) is 0 Å². The van der Waals surface area contributed by atoms with Gasteiger partial charge in [-0.3, -0.25) is 0 Å². The van der Waals surface area contributed by atoms with Crippen LogP contribution in [0.15, 0.2) is 16.6 Å². The minimum atomic E-state index is -0.479. The molecule has 1 N–H and O–H groups in total. The van der Waals surface area contributed by atoms with Gasteiger partial charge in [-0.05, 0) is 60.3 Å². The van der Waals surface area contributed by atoms with Crippen LogP contribution in [0.25, 0.3) is 0 Å².